The molecule has 2 aromatic heterocycles. The molecule has 0 aliphatic heterocycles. The van der Waals surface area contributed by atoms with Crippen molar-refractivity contribution in [2.45, 2.75) is 26.8 Å². The molecule has 0 radical (unpaired) electrons. The Balaban J connectivity index is 1.36. The summed E-state index contributed by atoms with van der Waals surface area (Å²) >= 11 is 0. The van der Waals surface area contributed by atoms with Gasteiger partial charge in [0, 0.05) is 48.5 Å². The van der Waals surface area contributed by atoms with Crippen LogP contribution < -0.4 is 10.6 Å². The fourth-order valence-corrected chi connectivity index (χ4v) is 3.80. The van der Waals surface area contributed by atoms with Crippen molar-refractivity contribution in [1.82, 2.24) is 25.4 Å². The number of fused-ring (bicyclic) bond motifs is 1. The molecule has 6 nitrogen and oxygen atoms in total. The average molecular weight is 401 g/mol. The number of nitrogens with zero attached hydrogens (tertiary/aromatic N) is 3. The fraction of sp³-hybridized carbons (Fsp3) is 0.250. The molecule has 30 heavy (non-hydrogen) atoms. The molecule has 2 heterocycles. The van der Waals surface area contributed by atoms with E-state index in [1.165, 1.54) is 22.0 Å². The Kier molecular flexibility index (Phi) is 5.84. The number of hydrogen-bond donors (Lipinski definition) is 3. The molecule has 0 fully saturated rings. The van der Waals surface area contributed by atoms with Crippen LogP contribution in [0.15, 0.2) is 65.8 Å². The molecular formula is C24H28N6. The third-order valence-corrected chi connectivity index (χ3v) is 5.46. The van der Waals surface area contributed by atoms with Gasteiger partial charge in [-0.25, -0.2) is 4.68 Å². The van der Waals surface area contributed by atoms with E-state index in [-0.39, 0.29) is 0 Å². The summed E-state index contributed by atoms with van der Waals surface area (Å²) in [5, 5.41) is 12.8. The van der Waals surface area contributed by atoms with Crippen LogP contribution in [0.25, 0.3) is 16.6 Å². The lowest BCUT2D eigenvalue weighted by Gasteiger charge is -2.12. The highest BCUT2D eigenvalue weighted by molar-refractivity contribution is 5.83. The first-order valence-corrected chi connectivity index (χ1v) is 10.3. The monoisotopic (exact) mass is 400 g/mol. The van der Waals surface area contributed by atoms with Crippen LogP contribution in [-0.2, 0) is 13.0 Å². The number of aromatic nitrogens is 3. The summed E-state index contributed by atoms with van der Waals surface area (Å²) in [6.45, 7) is 5.65. The number of aromatic amines is 1. The van der Waals surface area contributed by atoms with Gasteiger partial charge in [-0.1, -0.05) is 36.4 Å². The lowest BCUT2D eigenvalue weighted by Crippen LogP contribution is -2.38. The van der Waals surface area contributed by atoms with Crippen molar-refractivity contribution in [3.8, 4) is 5.69 Å². The molecule has 154 valence electrons. The number of rotatable bonds is 6. The van der Waals surface area contributed by atoms with E-state index in [9.17, 15) is 0 Å². The van der Waals surface area contributed by atoms with Gasteiger partial charge in [-0.2, -0.15) is 5.10 Å². The molecule has 0 aliphatic carbocycles. The molecule has 6 heteroatoms. The number of hydrogen-bond acceptors (Lipinski definition) is 2. The van der Waals surface area contributed by atoms with Crippen LogP contribution >= 0.6 is 0 Å². The lowest BCUT2D eigenvalue weighted by molar-refractivity contribution is 0.790. The molecule has 0 spiro atoms. The van der Waals surface area contributed by atoms with Crippen molar-refractivity contribution < 1.29 is 0 Å². The molecule has 0 aliphatic rings. The van der Waals surface area contributed by atoms with E-state index in [1.807, 2.05) is 22.9 Å². The highest BCUT2D eigenvalue weighted by Crippen LogP contribution is 2.18. The SMILES string of the molecule is CN=C(NCCc1c[nH]c2ccccc12)NCc1c(C)nn(-c2ccccc2)c1C. The minimum absolute atomic E-state index is 0.678. The number of nitrogens with one attached hydrogen (secondary N) is 3. The summed E-state index contributed by atoms with van der Waals surface area (Å²) in [5.74, 6) is 0.793. The summed E-state index contributed by atoms with van der Waals surface area (Å²) in [6, 6.07) is 18.6. The minimum Gasteiger partial charge on any atom is -0.361 e. The molecule has 3 N–H and O–H groups in total. The maximum atomic E-state index is 4.72. The Morgan fingerprint density at radius 3 is 2.60 bits per heavy atom. The van der Waals surface area contributed by atoms with E-state index in [4.69, 9.17) is 5.10 Å². The Labute approximate surface area is 177 Å². The van der Waals surface area contributed by atoms with Crippen LogP contribution in [-0.4, -0.2) is 34.3 Å². The van der Waals surface area contributed by atoms with Gasteiger partial charge in [0.1, 0.15) is 0 Å². The molecule has 0 bridgehead atoms. The van der Waals surface area contributed by atoms with Gasteiger partial charge in [-0.3, -0.25) is 4.99 Å². The first-order chi connectivity index (χ1) is 14.7. The van der Waals surface area contributed by atoms with Crippen molar-refractivity contribution in [1.29, 1.82) is 0 Å². The maximum absolute atomic E-state index is 4.72. The Morgan fingerprint density at radius 2 is 1.80 bits per heavy atom. The Bertz CT molecular complexity index is 1150. The summed E-state index contributed by atoms with van der Waals surface area (Å²) < 4.78 is 2.00. The van der Waals surface area contributed by atoms with Gasteiger partial charge in [0.2, 0.25) is 0 Å². The van der Waals surface area contributed by atoms with Gasteiger partial charge in [-0.05, 0) is 44.0 Å². The normalized spacial score (nSPS) is 11.8. The fourth-order valence-electron chi connectivity index (χ4n) is 3.80. The smallest absolute Gasteiger partial charge is 0.191 e. The van der Waals surface area contributed by atoms with Crippen molar-refractivity contribution in [2.24, 2.45) is 4.99 Å². The summed E-state index contributed by atoms with van der Waals surface area (Å²) in [4.78, 5) is 7.70. The first-order valence-electron chi connectivity index (χ1n) is 10.3. The molecule has 4 rings (SSSR count). The van der Waals surface area contributed by atoms with E-state index in [1.54, 1.807) is 7.05 Å². The van der Waals surface area contributed by atoms with Crippen LogP contribution in [0, 0.1) is 13.8 Å². The third-order valence-electron chi connectivity index (χ3n) is 5.46. The zero-order valence-electron chi connectivity index (χ0n) is 17.7. The highest BCUT2D eigenvalue weighted by atomic mass is 15.3. The van der Waals surface area contributed by atoms with Gasteiger partial charge in [0.15, 0.2) is 5.96 Å². The molecule has 0 saturated carbocycles. The van der Waals surface area contributed by atoms with Gasteiger partial charge in [0.25, 0.3) is 0 Å². The predicted molar refractivity (Wildman–Crippen MR) is 123 cm³/mol. The molecule has 0 atom stereocenters. The van der Waals surface area contributed by atoms with E-state index in [0.717, 1.165) is 36.0 Å². The van der Waals surface area contributed by atoms with Crippen LogP contribution in [0.3, 0.4) is 0 Å². The average Bonchev–Trinajstić information content (AvgIpc) is 3.32. The Hall–Kier alpha value is -3.54. The third kappa shape index (κ3) is 4.08. The van der Waals surface area contributed by atoms with Crippen molar-refractivity contribution in [2.75, 3.05) is 13.6 Å². The zero-order valence-corrected chi connectivity index (χ0v) is 17.7. The minimum atomic E-state index is 0.678. The van der Waals surface area contributed by atoms with E-state index in [2.05, 4.69) is 77.1 Å². The van der Waals surface area contributed by atoms with E-state index in [0.29, 0.717) is 6.54 Å². The Morgan fingerprint density at radius 1 is 1.03 bits per heavy atom. The van der Waals surface area contributed by atoms with Gasteiger partial charge >= 0.3 is 0 Å². The number of H-pyrrole nitrogens is 1. The van der Waals surface area contributed by atoms with Crippen molar-refractivity contribution in [3.63, 3.8) is 0 Å². The van der Waals surface area contributed by atoms with E-state index < -0.39 is 0 Å². The van der Waals surface area contributed by atoms with Crippen LogP contribution in [0.4, 0.5) is 0 Å². The topological polar surface area (TPSA) is 70.0 Å². The van der Waals surface area contributed by atoms with Crippen LogP contribution in [0.1, 0.15) is 22.5 Å². The van der Waals surface area contributed by atoms with Crippen LogP contribution in [0.5, 0.6) is 0 Å². The van der Waals surface area contributed by atoms with Gasteiger partial charge in [-0.15, -0.1) is 0 Å². The van der Waals surface area contributed by atoms with Crippen molar-refractivity contribution >= 4 is 16.9 Å². The van der Waals surface area contributed by atoms with Gasteiger partial charge in [0.05, 0.1) is 11.4 Å². The van der Waals surface area contributed by atoms with Crippen molar-refractivity contribution in [3.05, 3.63) is 83.3 Å². The quantitative estimate of drug-likeness (QED) is 0.340. The molecule has 4 aromatic rings. The van der Waals surface area contributed by atoms with Gasteiger partial charge < -0.3 is 15.6 Å². The zero-order chi connectivity index (χ0) is 20.9. The lowest BCUT2D eigenvalue weighted by atomic mass is 10.1. The number of guanidine groups is 1. The second-order valence-electron chi connectivity index (χ2n) is 7.36. The second-order valence-corrected chi connectivity index (χ2v) is 7.36. The first kappa shape index (κ1) is 19.8. The summed E-state index contributed by atoms with van der Waals surface area (Å²) in [5.41, 5.74) is 6.92. The molecule has 0 saturated heterocycles. The standard InChI is InChI=1S/C24H28N6/c1-17-22(18(2)30(29-17)20-9-5-4-6-10-20)16-28-24(25-3)26-14-13-19-15-27-23-12-8-7-11-21(19)23/h4-12,15,27H,13-14,16H2,1-3H3,(H2,25,26,28). The van der Waals surface area contributed by atoms with Crippen LogP contribution in [0.2, 0.25) is 0 Å². The number of aliphatic imine (C=N–C) groups is 1. The maximum Gasteiger partial charge on any atom is 0.191 e. The predicted octanol–water partition coefficient (Wildman–Crippen LogP) is 3.88. The molecule has 0 amide bonds. The second kappa shape index (κ2) is 8.86. The number of aryl methyl sites for hydroxylation is 1. The number of benzene rings is 2. The molecule has 0 unspecified atom stereocenters. The largest absolute Gasteiger partial charge is 0.361 e. The summed E-state index contributed by atoms with van der Waals surface area (Å²) in [6.07, 6.45) is 3.02. The summed E-state index contributed by atoms with van der Waals surface area (Å²) in [7, 11) is 1.80. The van der Waals surface area contributed by atoms with E-state index >= 15 is 0 Å². The number of para-hydroxylation sites is 2. The molecular weight excluding hydrogens is 372 g/mol. The highest BCUT2D eigenvalue weighted by Gasteiger charge is 2.13. The molecule has 2 aromatic carbocycles.